The van der Waals surface area contributed by atoms with E-state index in [0.29, 0.717) is 22.2 Å². The first-order chi connectivity index (χ1) is 12.9. The molecule has 1 amide bonds. The fourth-order valence-electron chi connectivity index (χ4n) is 3.14. The van der Waals surface area contributed by atoms with Crippen molar-refractivity contribution in [3.63, 3.8) is 0 Å². The van der Waals surface area contributed by atoms with E-state index in [9.17, 15) is 9.59 Å². The molecule has 0 spiro atoms. The van der Waals surface area contributed by atoms with Gasteiger partial charge in [0.05, 0.1) is 11.3 Å². The maximum atomic E-state index is 12.3. The highest BCUT2D eigenvalue weighted by molar-refractivity contribution is 6.30. The quantitative estimate of drug-likeness (QED) is 0.847. The summed E-state index contributed by atoms with van der Waals surface area (Å²) in [4.78, 5) is 32.7. The Bertz CT molecular complexity index is 858. The summed E-state index contributed by atoms with van der Waals surface area (Å²) in [5.41, 5.74) is 1.08. The Labute approximate surface area is 162 Å². The Kier molecular flexibility index (Phi) is 6.11. The molecule has 2 aromatic heterocycles. The molecule has 27 heavy (non-hydrogen) atoms. The molecule has 2 heterocycles. The van der Waals surface area contributed by atoms with Gasteiger partial charge in [-0.3, -0.25) is 14.2 Å². The zero-order chi connectivity index (χ0) is 19.4. The normalized spacial score (nSPS) is 19.5. The van der Waals surface area contributed by atoms with E-state index in [2.05, 4.69) is 15.3 Å². The lowest BCUT2D eigenvalue weighted by atomic mass is 9.93. The van der Waals surface area contributed by atoms with Crippen LogP contribution in [0.3, 0.4) is 0 Å². The van der Waals surface area contributed by atoms with Crippen LogP contribution in [0.4, 0.5) is 0 Å². The lowest BCUT2D eigenvalue weighted by molar-refractivity contribution is -0.122. The topological polar surface area (TPSA) is 86.1 Å². The molecule has 1 saturated carbocycles. The Balaban J connectivity index is 1.47. The first-order valence-corrected chi connectivity index (χ1v) is 9.40. The van der Waals surface area contributed by atoms with Crippen molar-refractivity contribution in [2.24, 2.45) is 0 Å². The SMILES string of the molecule is Cc1ncn(CC(=O)NC2CCC(Oc3ccc(Cl)cn3)CC2)c(=O)c1C. The predicted octanol–water partition coefficient (Wildman–Crippen LogP) is 2.41. The van der Waals surface area contributed by atoms with E-state index in [1.54, 1.807) is 32.2 Å². The number of nitrogens with one attached hydrogen (secondary N) is 1. The maximum Gasteiger partial charge on any atom is 0.256 e. The molecular weight excluding hydrogens is 368 g/mol. The van der Waals surface area contributed by atoms with Gasteiger partial charge in [-0.1, -0.05) is 11.6 Å². The summed E-state index contributed by atoms with van der Waals surface area (Å²) in [6, 6.07) is 3.59. The third kappa shape index (κ3) is 5.07. The van der Waals surface area contributed by atoms with Crippen molar-refractivity contribution >= 4 is 17.5 Å². The van der Waals surface area contributed by atoms with E-state index < -0.39 is 0 Å². The highest BCUT2D eigenvalue weighted by atomic mass is 35.5. The Hall–Kier alpha value is -2.41. The van der Waals surface area contributed by atoms with Gasteiger partial charge < -0.3 is 10.1 Å². The van der Waals surface area contributed by atoms with E-state index >= 15 is 0 Å². The molecule has 1 fully saturated rings. The molecule has 0 unspecified atom stereocenters. The van der Waals surface area contributed by atoms with Crippen molar-refractivity contribution in [3.8, 4) is 5.88 Å². The van der Waals surface area contributed by atoms with Crippen molar-refractivity contribution in [3.05, 3.63) is 51.3 Å². The Morgan fingerprint density at radius 2 is 2.00 bits per heavy atom. The summed E-state index contributed by atoms with van der Waals surface area (Å²) < 4.78 is 7.21. The fourth-order valence-corrected chi connectivity index (χ4v) is 3.26. The fraction of sp³-hybridized carbons (Fsp3) is 0.474. The second-order valence-electron chi connectivity index (χ2n) is 6.86. The molecule has 0 saturated heterocycles. The van der Waals surface area contributed by atoms with Crippen molar-refractivity contribution in [2.45, 2.75) is 58.2 Å². The number of carbonyl (C=O) groups excluding carboxylic acids is 1. The van der Waals surface area contributed by atoms with Gasteiger partial charge in [0, 0.05) is 29.6 Å². The molecule has 144 valence electrons. The highest BCUT2D eigenvalue weighted by Crippen LogP contribution is 2.23. The Morgan fingerprint density at radius 1 is 1.26 bits per heavy atom. The van der Waals surface area contributed by atoms with Gasteiger partial charge in [-0.2, -0.15) is 0 Å². The number of ether oxygens (including phenoxy) is 1. The van der Waals surface area contributed by atoms with Gasteiger partial charge in [-0.05, 0) is 45.6 Å². The van der Waals surface area contributed by atoms with Crippen molar-refractivity contribution in [2.75, 3.05) is 0 Å². The molecule has 0 bridgehead atoms. The van der Waals surface area contributed by atoms with Crippen LogP contribution in [0.25, 0.3) is 0 Å². The van der Waals surface area contributed by atoms with Crippen LogP contribution >= 0.6 is 11.6 Å². The van der Waals surface area contributed by atoms with Gasteiger partial charge in [0.25, 0.3) is 5.56 Å². The second-order valence-corrected chi connectivity index (χ2v) is 7.30. The highest BCUT2D eigenvalue weighted by Gasteiger charge is 2.24. The lowest BCUT2D eigenvalue weighted by Gasteiger charge is -2.29. The summed E-state index contributed by atoms with van der Waals surface area (Å²) in [6.45, 7) is 3.48. The summed E-state index contributed by atoms with van der Waals surface area (Å²) in [5, 5.41) is 3.58. The molecule has 2 aromatic rings. The third-order valence-corrected chi connectivity index (χ3v) is 5.08. The first kappa shape index (κ1) is 19.4. The second kappa shape index (κ2) is 8.52. The van der Waals surface area contributed by atoms with E-state index in [-0.39, 0.29) is 30.2 Å². The molecule has 0 aliphatic heterocycles. The van der Waals surface area contributed by atoms with Gasteiger partial charge in [0.15, 0.2) is 0 Å². The number of hydrogen-bond acceptors (Lipinski definition) is 5. The zero-order valence-corrected chi connectivity index (χ0v) is 16.2. The number of aromatic nitrogens is 3. The number of halogens is 1. The molecule has 1 aliphatic rings. The number of rotatable bonds is 5. The van der Waals surface area contributed by atoms with Crippen LogP contribution in [-0.4, -0.2) is 32.6 Å². The van der Waals surface area contributed by atoms with E-state index in [4.69, 9.17) is 16.3 Å². The van der Waals surface area contributed by atoms with Gasteiger partial charge in [-0.15, -0.1) is 0 Å². The Morgan fingerprint density at radius 3 is 2.67 bits per heavy atom. The summed E-state index contributed by atoms with van der Waals surface area (Å²) in [5.74, 6) is 0.388. The van der Waals surface area contributed by atoms with Crippen molar-refractivity contribution in [1.29, 1.82) is 0 Å². The third-order valence-electron chi connectivity index (χ3n) is 4.86. The van der Waals surface area contributed by atoms with Crippen molar-refractivity contribution < 1.29 is 9.53 Å². The largest absolute Gasteiger partial charge is 0.474 e. The van der Waals surface area contributed by atoms with Gasteiger partial charge >= 0.3 is 0 Å². The van der Waals surface area contributed by atoms with Crippen LogP contribution in [0.5, 0.6) is 5.88 Å². The molecule has 3 rings (SSSR count). The molecule has 1 N–H and O–H groups in total. The number of carbonyl (C=O) groups is 1. The van der Waals surface area contributed by atoms with E-state index in [0.717, 1.165) is 25.7 Å². The number of amides is 1. The smallest absolute Gasteiger partial charge is 0.256 e. The number of aryl methyl sites for hydroxylation is 1. The van der Waals surface area contributed by atoms with E-state index in [1.165, 1.54) is 10.9 Å². The van der Waals surface area contributed by atoms with Gasteiger partial charge in [0.1, 0.15) is 12.6 Å². The molecule has 0 aromatic carbocycles. The molecular formula is C19H23ClN4O3. The van der Waals surface area contributed by atoms with Crippen LogP contribution in [0.1, 0.15) is 36.9 Å². The number of hydrogen-bond donors (Lipinski definition) is 1. The monoisotopic (exact) mass is 390 g/mol. The first-order valence-electron chi connectivity index (χ1n) is 9.02. The van der Waals surface area contributed by atoms with Crippen LogP contribution < -0.4 is 15.6 Å². The average molecular weight is 391 g/mol. The summed E-state index contributed by atoms with van der Waals surface area (Å²) >= 11 is 5.82. The van der Waals surface area contributed by atoms with Gasteiger partial charge in [0.2, 0.25) is 11.8 Å². The number of pyridine rings is 1. The van der Waals surface area contributed by atoms with Crippen LogP contribution in [-0.2, 0) is 11.3 Å². The van der Waals surface area contributed by atoms with Gasteiger partial charge in [-0.25, -0.2) is 9.97 Å². The molecule has 0 atom stereocenters. The zero-order valence-electron chi connectivity index (χ0n) is 15.4. The lowest BCUT2D eigenvalue weighted by Crippen LogP contribution is -2.42. The summed E-state index contributed by atoms with van der Waals surface area (Å²) in [6.07, 6.45) is 6.38. The standard InChI is InChI=1S/C19H23ClN4O3/c1-12-13(2)22-11-24(19(12)26)10-17(25)23-15-4-6-16(7-5-15)27-18-8-3-14(20)9-21-18/h3,8-9,11,15-16H,4-7,10H2,1-2H3,(H,23,25). The maximum absolute atomic E-state index is 12.3. The minimum atomic E-state index is -0.176. The molecule has 8 heteroatoms. The molecule has 7 nitrogen and oxygen atoms in total. The van der Waals surface area contributed by atoms with Crippen LogP contribution in [0, 0.1) is 13.8 Å². The average Bonchev–Trinajstić information content (AvgIpc) is 2.66. The van der Waals surface area contributed by atoms with Crippen LogP contribution in [0.15, 0.2) is 29.5 Å². The predicted molar refractivity (Wildman–Crippen MR) is 102 cm³/mol. The molecule has 0 radical (unpaired) electrons. The van der Waals surface area contributed by atoms with E-state index in [1.807, 2.05) is 0 Å². The van der Waals surface area contributed by atoms with Crippen molar-refractivity contribution in [1.82, 2.24) is 19.9 Å². The summed E-state index contributed by atoms with van der Waals surface area (Å²) in [7, 11) is 0. The minimum Gasteiger partial charge on any atom is -0.474 e. The minimum absolute atomic E-state index is 0.0158. The number of nitrogens with zero attached hydrogens (tertiary/aromatic N) is 3. The van der Waals surface area contributed by atoms with Crippen LogP contribution in [0.2, 0.25) is 5.02 Å². The molecule has 1 aliphatic carbocycles.